The summed E-state index contributed by atoms with van der Waals surface area (Å²) in [5.41, 5.74) is 0.524. The van der Waals surface area contributed by atoms with Crippen LogP contribution in [0.3, 0.4) is 0 Å². The highest BCUT2D eigenvalue weighted by atomic mass is 32.1. The van der Waals surface area contributed by atoms with Gasteiger partial charge in [0.05, 0.1) is 13.2 Å². The Morgan fingerprint density at radius 1 is 1.17 bits per heavy atom. The molecule has 1 amide bonds. The van der Waals surface area contributed by atoms with Crippen LogP contribution >= 0.6 is 11.3 Å². The Balaban J connectivity index is 1.28. The molecule has 2 aromatic carbocycles. The fraction of sp³-hybridized carbons (Fsp3) is 0.318. The van der Waals surface area contributed by atoms with Crippen LogP contribution in [0, 0.1) is 11.7 Å². The number of amides is 1. The van der Waals surface area contributed by atoms with Gasteiger partial charge in [-0.05, 0) is 55.8 Å². The van der Waals surface area contributed by atoms with Gasteiger partial charge in [-0.1, -0.05) is 29.5 Å². The smallest absolute Gasteiger partial charge is 0.286 e. The minimum Gasteiger partial charge on any atom is -0.493 e. The molecular formula is C22H23FN4O2S. The molecule has 30 heavy (non-hydrogen) atoms. The van der Waals surface area contributed by atoms with Gasteiger partial charge in [0.2, 0.25) is 5.01 Å². The molecule has 1 fully saturated rings. The maximum absolute atomic E-state index is 13.0. The number of hydrogen-bond donors (Lipinski definition) is 1. The van der Waals surface area contributed by atoms with Crippen LogP contribution in [-0.2, 0) is 6.54 Å². The summed E-state index contributed by atoms with van der Waals surface area (Å²) in [4.78, 5) is 14.7. The van der Waals surface area contributed by atoms with Gasteiger partial charge in [0, 0.05) is 18.2 Å². The number of carbonyl (C=O) groups is 1. The molecule has 0 radical (unpaired) electrons. The summed E-state index contributed by atoms with van der Waals surface area (Å²) >= 11 is 1.29. The molecule has 1 aromatic heterocycles. The highest BCUT2D eigenvalue weighted by molar-refractivity contribution is 7.13. The Bertz CT molecular complexity index is 965. The maximum Gasteiger partial charge on any atom is 0.286 e. The Hall–Kier alpha value is -2.84. The minimum absolute atomic E-state index is 0.301. The molecule has 0 aliphatic carbocycles. The summed E-state index contributed by atoms with van der Waals surface area (Å²) in [6, 6.07) is 15.5. The first kappa shape index (κ1) is 20.4. The molecule has 1 saturated heterocycles. The van der Waals surface area contributed by atoms with Crippen molar-refractivity contribution >= 4 is 22.9 Å². The van der Waals surface area contributed by atoms with Gasteiger partial charge in [-0.25, -0.2) is 4.39 Å². The van der Waals surface area contributed by atoms with Crippen molar-refractivity contribution in [2.45, 2.75) is 19.4 Å². The molecule has 1 atom stereocenters. The molecule has 1 aliphatic rings. The number of rotatable bonds is 7. The average Bonchev–Trinajstić information content (AvgIpc) is 3.23. The Morgan fingerprint density at radius 2 is 1.97 bits per heavy atom. The number of hydrogen-bond acceptors (Lipinski definition) is 6. The van der Waals surface area contributed by atoms with Crippen molar-refractivity contribution in [3.8, 4) is 5.75 Å². The van der Waals surface area contributed by atoms with E-state index >= 15 is 0 Å². The van der Waals surface area contributed by atoms with E-state index in [9.17, 15) is 9.18 Å². The second-order valence-electron chi connectivity index (χ2n) is 7.33. The molecule has 0 saturated carbocycles. The first-order valence-electron chi connectivity index (χ1n) is 9.95. The highest BCUT2D eigenvalue weighted by Crippen LogP contribution is 2.22. The molecule has 156 valence electrons. The van der Waals surface area contributed by atoms with Gasteiger partial charge in [-0.3, -0.25) is 9.69 Å². The van der Waals surface area contributed by atoms with E-state index in [4.69, 9.17) is 4.74 Å². The molecule has 4 rings (SSSR count). The third kappa shape index (κ3) is 5.61. The number of likely N-dealkylation sites (tertiary alicyclic amines) is 1. The number of nitrogens with one attached hydrogen (secondary N) is 1. The van der Waals surface area contributed by atoms with Crippen molar-refractivity contribution in [3.63, 3.8) is 0 Å². The maximum atomic E-state index is 13.0. The molecule has 0 spiro atoms. The lowest BCUT2D eigenvalue weighted by atomic mass is 9.99. The van der Waals surface area contributed by atoms with Crippen LogP contribution in [-0.4, -0.2) is 40.7 Å². The second-order valence-corrected chi connectivity index (χ2v) is 8.39. The zero-order chi connectivity index (χ0) is 20.8. The summed E-state index contributed by atoms with van der Waals surface area (Å²) in [6.07, 6.45) is 2.25. The largest absolute Gasteiger partial charge is 0.493 e. The molecule has 6 nitrogen and oxygen atoms in total. The number of ether oxygens (including phenoxy) is 1. The zero-order valence-electron chi connectivity index (χ0n) is 16.5. The predicted octanol–water partition coefficient (Wildman–Crippen LogP) is 4.22. The van der Waals surface area contributed by atoms with Crippen LogP contribution in [0.15, 0.2) is 54.6 Å². The topological polar surface area (TPSA) is 67.4 Å². The van der Waals surface area contributed by atoms with Crippen molar-refractivity contribution in [1.82, 2.24) is 15.1 Å². The quantitative estimate of drug-likeness (QED) is 0.613. The van der Waals surface area contributed by atoms with Crippen LogP contribution in [0.5, 0.6) is 5.75 Å². The van der Waals surface area contributed by atoms with Crippen LogP contribution in [0.4, 0.5) is 10.1 Å². The summed E-state index contributed by atoms with van der Waals surface area (Å²) in [7, 11) is 0. The Labute approximate surface area is 178 Å². The van der Waals surface area contributed by atoms with Crippen LogP contribution < -0.4 is 10.1 Å². The predicted molar refractivity (Wildman–Crippen MR) is 114 cm³/mol. The molecule has 8 heteroatoms. The second kappa shape index (κ2) is 9.77. The fourth-order valence-corrected chi connectivity index (χ4v) is 4.26. The summed E-state index contributed by atoms with van der Waals surface area (Å²) < 4.78 is 18.9. The lowest BCUT2D eigenvalue weighted by Gasteiger charge is -2.31. The number of benzene rings is 2. The van der Waals surface area contributed by atoms with E-state index in [2.05, 4.69) is 20.4 Å². The van der Waals surface area contributed by atoms with Crippen molar-refractivity contribution in [2.75, 3.05) is 25.0 Å². The normalized spacial score (nSPS) is 16.9. The number of anilines is 1. The van der Waals surface area contributed by atoms with E-state index < -0.39 is 0 Å². The van der Waals surface area contributed by atoms with E-state index in [1.54, 1.807) is 0 Å². The first-order valence-corrected chi connectivity index (χ1v) is 10.8. The van der Waals surface area contributed by atoms with Crippen molar-refractivity contribution < 1.29 is 13.9 Å². The standard InChI is InChI=1S/C22H23FN4O2S/c23-17-8-10-18(11-9-17)24-21(28)22-26-25-20(30-22)14-27-12-4-5-16(13-27)15-29-19-6-2-1-3-7-19/h1-3,6-11,16H,4-5,12-15H2,(H,24,28). The first-order chi connectivity index (χ1) is 14.7. The number of nitrogens with zero attached hydrogens (tertiary/aromatic N) is 3. The molecule has 1 unspecified atom stereocenters. The fourth-order valence-electron chi connectivity index (χ4n) is 3.48. The summed E-state index contributed by atoms with van der Waals surface area (Å²) in [6.45, 7) is 3.30. The molecular weight excluding hydrogens is 403 g/mol. The third-order valence-electron chi connectivity index (χ3n) is 4.95. The number of aromatic nitrogens is 2. The van der Waals surface area contributed by atoms with E-state index in [1.165, 1.54) is 35.6 Å². The van der Waals surface area contributed by atoms with E-state index in [1.807, 2.05) is 30.3 Å². The SMILES string of the molecule is O=C(Nc1ccc(F)cc1)c1nnc(CN2CCCC(COc3ccccc3)C2)s1. The number of carbonyl (C=O) groups excluding carboxylic acids is 1. The number of piperidine rings is 1. The lowest BCUT2D eigenvalue weighted by Crippen LogP contribution is -2.37. The van der Waals surface area contributed by atoms with Gasteiger partial charge in [0.15, 0.2) is 0 Å². The number of para-hydroxylation sites is 1. The third-order valence-corrected chi connectivity index (χ3v) is 5.86. The zero-order valence-corrected chi connectivity index (χ0v) is 17.3. The van der Waals surface area contributed by atoms with Crippen LogP contribution in [0.2, 0.25) is 0 Å². The monoisotopic (exact) mass is 426 g/mol. The molecule has 1 aliphatic heterocycles. The van der Waals surface area contributed by atoms with Gasteiger partial charge in [-0.2, -0.15) is 0 Å². The van der Waals surface area contributed by atoms with Gasteiger partial charge in [-0.15, -0.1) is 10.2 Å². The molecule has 2 heterocycles. The van der Waals surface area contributed by atoms with Crippen molar-refractivity contribution in [2.24, 2.45) is 5.92 Å². The average molecular weight is 427 g/mol. The van der Waals surface area contributed by atoms with Gasteiger partial charge in [0.25, 0.3) is 5.91 Å². The van der Waals surface area contributed by atoms with E-state index in [0.717, 1.165) is 36.7 Å². The van der Waals surface area contributed by atoms with Gasteiger partial charge < -0.3 is 10.1 Å². The van der Waals surface area contributed by atoms with Crippen LogP contribution in [0.1, 0.15) is 27.7 Å². The lowest BCUT2D eigenvalue weighted by molar-refractivity contribution is 0.102. The van der Waals surface area contributed by atoms with E-state index in [-0.39, 0.29) is 11.7 Å². The molecule has 0 bridgehead atoms. The van der Waals surface area contributed by atoms with Gasteiger partial charge in [0.1, 0.15) is 16.6 Å². The summed E-state index contributed by atoms with van der Waals surface area (Å²) in [5, 5.41) is 12.0. The van der Waals surface area contributed by atoms with E-state index in [0.29, 0.717) is 29.8 Å². The Morgan fingerprint density at radius 3 is 2.77 bits per heavy atom. The van der Waals surface area contributed by atoms with Crippen molar-refractivity contribution in [3.05, 3.63) is 70.4 Å². The molecule has 1 N–H and O–H groups in total. The van der Waals surface area contributed by atoms with Crippen LogP contribution in [0.25, 0.3) is 0 Å². The Kier molecular flexibility index (Phi) is 6.66. The summed E-state index contributed by atoms with van der Waals surface area (Å²) in [5.74, 6) is 0.682. The van der Waals surface area contributed by atoms with Crippen molar-refractivity contribution in [1.29, 1.82) is 0 Å². The number of halogens is 1. The minimum atomic E-state index is -0.347. The highest BCUT2D eigenvalue weighted by Gasteiger charge is 2.22. The molecule has 3 aromatic rings. The van der Waals surface area contributed by atoms with Gasteiger partial charge >= 0.3 is 0 Å².